The number of nitrogens with zero attached hydrogens (tertiary/aromatic N) is 2. The van der Waals surface area contributed by atoms with Gasteiger partial charge in [0.05, 0.1) is 5.69 Å². The first kappa shape index (κ1) is 13.0. The minimum Gasteiger partial charge on any atom is -0.304 e. The van der Waals surface area contributed by atoms with Crippen molar-refractivity contribution in [2.45, 2.75) is 25.9 Å². The van der Waals surface area contributed by atoms with Crippen molar-refractivity contribution in [2.24, 2.45) is 0 Å². The van der Waals surface area contributed by atoms with Crippen molar-refractivity contribution in [3.8, 4) is 0 Å². The molecule has 0 aliphatic carbocycles. The Bertz CT molecular complexity index is 470. The molecule has 1 heterocycles. The smallest absolute Gasteiger partial charge is 0.0769 e. The summed E-state index contributed by atoms with van der Waals surface area (Å²) in [5.41, 5.74) is 2.19. The molecule has 3 nitrogen and oxygen atoms in total. The molecule has 0 saturated heterocycles. The van der Waals surface area contributed by atoms with E-state index in [1.807, 2.05) is 24.3 Å². The fourth-order valence-electron chi connectivity index (χ4n) is 1.85. The van der Waals surface area contributed by atoms with Gasteiger partial charge in [-0.2, -0.15) is 10.2 Å². The van der Waals surface area contributed by atoms with Crippen LogP contribution in [0.4, 0.5) is 0 Å². The summed E-state index contributed by atoms with van der Waals surface area (Å²) in [6.45, 7) is 2.87. The monoisotopic (exact) mass is 261 g/mol. The lowest BCUT2D eigenvalue weighted by molar-refractivity contribution is 0.512. The van der Waals surface area contributed by atoms with Crippen molar-refractivity contribution in [3.63, 3.8) is 0 Å². The van der Waals surface area contributed by atoms with Crippen molar-refractivity contribution in [2.75, 3.05) is 0 Å². The van der Waals surface area contributed by atoms with Gasteiger partial charge in [0.1, 0.15) is 0 Å². The number of benzene rings is 1. The lowest BCUT2D eigenvalue weighted by Crippen LogP contribution is -2.20. The zero-order valence-electron chi connectivity index (χ0n) is 10.3. The van der Waals surface area contributed by atoms with Gasteiger partial charge in [-0.25, -0.2) is 0 Å². The predicted octanol–water partition coefficient (Wildman–Crippen LogP) is 3.37. The van der Waals surface area contributed by atoms with E-state index in [9.17, 15) is 0 Å². The molecule has 1 aromatic carbocycles. The molecule has 94 valence electrons. The summed E-state index contributed by atoms with van der Waals surface area (Å²) in [6.07, 6.45) is 2.70. The van der Waals surface area contributed by atoms with Crippen LogP contribution >= 0.6 is 11.6 Å². The van der Waals surface area contributed by atoms with Gasteiger partial charge in [0.25, 0.3) is 0 Å². The molecule has 0 amide bonds. The molecule has 2 rings (SSSR count). The second kappa shape index (κ2) is 6.47. The van der Waals surface area contributed by atoms with Crippen LogP contribution in [0.15, 0.2) is 42.6 Å². The van der Waals surface area contributed by atoms with E-state index in [2.05, 4.69) is 34.6 Å². The molecule has 4 heteroatoms. The van der Waals surface area contributed by atoms with Gasteiger partial charge in [-0.05, 0) is 36.2 Å². The van der Waals surface area contributed by atoms with Crippen molar-refractivity contribution in [1.82, 2.24) is 15.5 Å². The zero-order chi connectivity index (χ0) is 12.8. The molecule has 0 saturated carbocycles. The van der Waals surface area contributed by atoms with Crippen LogP contribution in [0, 0.1) is 0 Å². The van der Waals surface area contributed by atoms with Crippen molar-refractivity contribution in [3.05, 3.63) is 58.9 Å². The third-order valence-corrected chi connectivity index (χ3v) is 3.09. The van der Waals surface area contributed by atoms with Crippen LogP contribution in [0.1, 0.15) is 30.6 Å². The number of aromatic nitrogens is 2. The topological polar surface area (TPSA) is 37.8 Å². The van der Waals surface area contributed by atoms with E-state index in [-0.39, 0.29) is 0 Å². The maximum Gasteiger partial charge on any atom is 0.0769 e. The number of hydrogen-bond donors (Lipinski definition) is 1. The number of rotatable bonds is 5. The summed E-state index contributed by atoms with van der Waals surface area (Å²) >= 11 is 5.89. The standard InChI is InChI=1S/C14H16ClN3/c1-2-14(11-5-7-12(15)8-6-11)16-10-13-4-3-9-17-18-13/h3-9,14,16H,2,10H2,1H3. The molecule has 18 heavy (non-hydrogen) atoms. The van der Waals surface area contributed by atoms with Gasteiger partial charge in [-0.3, -0.25) is 0 Å². The molecule has 1 N–H and O–H groups in total. The summed E-state index contributed by atoms with van der Waals surface area (Å²) in [5.74, 6) is 0. The van der Waals surface area contributed by atoms with Crippen LogP contribution in [0.3, 0.4) is 0 Å². The van der Waals surface area contributed by atoms with Gasteiger partial charge in [0.2, 0.25) is 0 Å². The maximum atomic E-state index is 5.89. The van der Waals surface area contributed by atoms with E-state index >= 15 is 0 Å². The first-order chi connectivity index (χ1) is 8.79. The van der Waals surface area contributed by atoms with Crippen molar-refractivity contribution in [1.29, 1.82) is 0 Å². The third kappa shape index (κ3) is 3.52. The molecule has 0 aliphatic rings. The fourth-order valence-corrected chi connectivity index (χ4v) is 1.97. The Kier molecular flexibility index (Phi) is 4.67. The van der Waals surface area contributed by atoms with Gasteiger partial charge >= 0.3 is 0 Å². The normalized spacial score (nSPS) is 12.3. The highest BCUT2D eigenvalue weighted by Crippen LogP contribution is 2.19. The minimum absolute atomic E-state index is 0.310. The predicted molar refractivity (Wildman–Crippen MR) is 73.4 cm³/mol. The molecule has 1 unspecified atom stereocenters. The van der Waals surface area contributed by atoms with E-state index < -0.39 is 0 Å². The number of hydrogen-bond acceptors (Lipinski definition) is 3. The Morgan fingerprint density at radius 2 is 2.00 bits per heavy atom. The van der Waals surface area contributed by atoms with Gasteiger partial charge in [-0.15, -0.1) is 0 Å². The molecular weight excluding hydrogens is 246 g/mol. The van der Waals surface area contributed by atoms with E-state index in [1.54, 1.807) is 6.20 Å². The van der Waals surface area contributed by atoms with Crippen LogP contribution in [-0.4, -0.2) is 10.2 Å². The Morgan fingerprint density at radius 1 is 1.22 bits per heavy atom. The third-order valence-electron chi connectivity index (χ3n) is 2.84. The summed E-state index contributed by atoms with van der Waals surface area (Å²) in [6, 6.07) is 12.1. The highest BCUT2D eigenvalue weighted by molar-refractivity contribution is 6.30. The van der Waals surface area contributed by atoms with Crippen molar-refractivity contribution < 1.29 is 0 Å². The highest BCUT2D eigenvalue weighted by atomic mass is 35.5. The van der Waals surface area contributed by atoms with Crippen molar-refractivity contribution >= 4 is 11.6 Å². The minimum atomic E-state index is 0.310. The van der Waals surface area contributed by atoms with E-state index in [0.717, 1.165) is 23.7 Å². The van der Waals surface area contributed by atoms with E-state index in [0.29, 0.717) is 6.04 Å². The molecule has 0 radical (unpaired) electrons. The summed E-state index contributed by atoms with van der Waals surface area (Å²) in [7, 11) is 0. The van der Waals surface area contributed by atoms with Crippen LogP contribution < -0.4 is 5.32 Å². The Balaban J connectivity index is 1.99. The Hall–Kier alpha value is -1.45. The molecule has 0 spiro atoms. The molecule has 2 aromatic rings. The summed E-state index contributed by atoms with van der Waals surface area (Å²) in [5, 5.41) is 12.2. The largest absolute Gasteiger partial charge is 0.304 e. The molecular formula is C14H16ClN3. The summed E-state index contributed by atoms with van der Waals surface area (Å²) < 4.78 is 0. The van der Waals surface area contributed by atoms with Gasteiger partial charge in [0.15, 0.2) is 0 Å². The number of nitrogens with one attached hydrogen (secondary N) is 1. The second-order valence-electron chi connectivity index (χ2n) is 4.11. The first-order valence-corrected chi connectivity index (χ1v) is 6.43. The molecule has 1 aromatic heterocycles. The maximum absolute atomic E-state index is 5.89. The highest BCUT2D eigenvalue weighted by Gasteiger charge is 2.08. The molecule has 0 fully saturated rings. The van der Waals surface area contributed by atoms with E-state index in [1.165, 1.54) is 5.56 Å². The van der Waals surface area contributed by atoms with Crippen LogP contribution in [-0.2, 0) is 6.54 Å². The van der Waals surface area contributed by atoms with Crippen LogP contribution in [0.5, 0.6) is 0 Å². The fraction of sp³-hybridized carbons (Fsp3) is 0.286. The lowest BCUT2D eigenvalue weighted by atomic mass is 10.0. The Labute approximate surface area is 112 Å². The molecule has 1 atom stereocenters. The lowest BCUT2D eigenvalue weighted by Gasteiger charge is -2.17. The summed E-state index contributed by atoms with van der Waals surface area (Å²) in [4.78, 5) is 0. The average molecular weight is 262 g/mol. The SMILES string of the molecule is CCC(NCc1cccnn1)c1ccc(Cl)cc1. The van der Waals surface area contributed by atoms with Crippen LogP contribution in [0.2, 0.25) is 5.02 Å². The quantitative estimate of drug-likeness (QED) is 0.897. The Morgan fingerprint density at radius 3 is 2.61 bits per heavy atom. The van der Waals surface area contributed by atoms with Gasteiger partial charge < -0.3 is 5.32 Å². The first-order valence-electron chi connectivity index (χ1n) is 6.05. The van der Waals surface area contributed by atoms with Gasteiger partial charge in [-0.1, -0.05) is 30.7 Å². The zero-order valence-corrected chi connectivity index (χ0v) is 11.1. The number of halogens is 1. The van der Waals surface area contributed by atoms with Gasteiger partial charge in [0, 0.05) is 23.8 Å². The second-order valence-corrected chi connectivity index (χ2v) is 4.54. The van der Waals surface area contributed by atoms with E-state index in [4.69, 9.17) is 11.6 Å². The van der Waals surface area contributed by atoms with Crippen LogP contribution in [0.25, 0.3) is 0 Å². The molecule has 0 aliphatic heterocycles. The molecule has 0 bridgehead atoms. The average Bonchev–Trinajstić information content (AvgIpc) is 2.42.